The normalized spacial score (nSPS) is 13.9. The van der Waals surface area contributed by atoms with Crippen molar-refractivity contribution >= 4 is 17.8 Å². The van der Waals surface area contributed by atoms with Crippen LogP contribution in [0.5, 0.6) is 0 Å². The Morgan fingerprint density at radius 2 is 1.76 bits per heavy atom. The van der Waals surface area contributed by atoms with Crippen molar-refractivity contribution in [3.63, 3.8) is 0 Å². The maximum absolute atomic E-state index is 11.8. The van der Waals surface area contributed by atoms with Gasteiger partial charge in [0.15, 0.2) is 5.96 Å². The van der Waals surface area contributed by atoms with E-state index < -0.39 is 17.9 Å². The van der Waals surface area contributed by atoms with E-state index >= 15 is 0 Å². The first-order chi connectivity index (χ1) is 13.7. The highest BCUT2D eigenvalue weighted by Crippen LogP contribution is 2.10. The van der Waals surface area contributed by atoms with Crippen LogP contribution in [0.2, 0.25) is 0 Å². The highest BCUT2D eigenvalue weighted by atomic mass is 16.4. The Hall–Kier alpha value is -2.61. The molecule has 0 radical (unpaired) electrons. The summed E-state index contributed by atoms with van der Waals surface area (Å²) >= 11 is 0. The number of aliphatic carboxylic acids is 1. The smallest absolute Gasteiger partial charge is 0.326 e. The highest BCUT2D eigenvalue weighted by molar-refractivity contribution is 5.91. The molecular formula is C21H36N4O4. The molecule has 8 nitrogen and oxygen atoms in total. The van der Waals surface area contributed by atoms with Crippen molar-refractivity contribution in [2.75, 3.05) is 6.54 Å². The number of nitrogens with two attached hydrogens (primary N) is 2. The van der Waals surface area contributed by atoms with E-state index in [1.165, 1.54) is 6.08 Å². The number of aliphatic imine (C=N–C) groups is 1. The molecule has 8 heteroatoms. The first-order valence-corrected chi connectivity index (χ1v) is 9.99. The average Bonchev–Trinajstić information content (AvgIpc) is 2.61. The number of carbonyl (C=O) groups excluding carboxylic acids is 1. The van der Waals surface area contributed by atoms with E-state index in [1.807, 2.05) is 12.2 Å². The Bertz CT molecular complexity index is 593. The van der Waals surface area contributed by atoms with Gasteiger partial charge in [-0.25, -0.2) is 4.79 Å². The molecule has 0 spiro atoms. The summed E-state index contributed by atoms with van der Waals surface area (Å²) in [6.07, 6.45) is 14.1. The Kier molecular flexibility index (Phi) is 14.9. The minimum absolute atomic E-state index is 0.0478. The van der Waals surface area contributed by atoms with Crippen molar-refractivity contribution in [2.45, 2.75) is 64.5 Å². The molecular weight excluding hydrogens is 372 g/mol. The van der Waals surface area contributed by atoms with Gasteiger partial charge in [0, 0.05) is 12.6 Å². The van der Waals surface area contributed by atoms with Gasteiger partial charge in [0.25, 0.3) is 0 Å². The van der Waals surface area contributed by atoms with E-state index in [2.05, 4.69) is 24.2 Å². The maximum atomic E-state index is 11.8. The van der Waals surface area contributed by atoms with Gasteiger partial charge in [-0.2, -0.15) is 0 Å². The largest absolute Gasteiger partial charge is 0.480 e. The van der Waals surface area contributed by atoms with E-state index in [4.69, 9.17) is 16.6 Å². The number of hydrogen-bond acceptors (Lipinski definition) is 4. The van der Waals surface area contributed by atoms with Crippen LogP contribution in [0.25, 0.3) is 0 Å². The van der Waals surface area contributed by atoms with E-state index in [1.54, 1.807) is 18.2 Å². The third-order valence-electron chi connectivity index (χ3n) is 3.93. The van der Waals surface area contributed by atoms with Crippen LogP contribution < -0.4 is 16.8 Å². The number of nitrogens with one attached hydrogen (secondary N) is 1. The summed E-state index contributed by atoms with van der Waals surface area (Å²) in [4.78, 5) is 26.8. The van der Waals surface area contributed by atoms with Crippen LogP contribution in [0.15, 0.2) is 41.4 Å². The molecule has 0 fully saturated rings. The van der Waals surface area contributed by atoms with Gasteiger partial charge in [-0.3, -0.25) is 9.79 Å². The molecule has 0 saturated carbocycles. The molecule has 0 rings (SSSR count). The van der Waals surface area contributed by atoms with Gasteiger partial charge in [-0.15, -0.1) is 0 Å². The molecule has 0 heterocycles. The van der Waals surface area contributed by atoms with Crippen LogP contribution >= 0.6 is 0 Å². The fraction of sp³-hybridized carbons (Fsp3) is 0.571. The Balaban J connectivity index is 4.12. The summed E-state index contributed by atoms with van der Waals surface area (Å²) in [7, 11) is 0. The number of amides is 1. The van der Waals surface area contributed by atoms with Gasteiger partial charge >= 0.3 is 5.97 Å². The lowest BCUT2D eigenvalue weighted by molar-refractivity contribution is -0.141. The predicted octanol–water partition coefficient (Wildman–Crippen LogP) is 1.86. The molecule has 0 aliphatic rings. The van der Waals surface area contributed by atoms with E-state index in [0.717, 1.165) is 25.7 Å². The number of rotatable bonds is 15. The minimum atomic E-state index is -1.10. The third kappa shape index (κ3) is 17.2. The van der Waals surface area contributed by atoms with Crippen LogP contribution in [-0.4, -0.2) is 46.7 Å². The number of allylic oxidation sites excluding steroid dienone is 5. The molecule has 7 N–H and O–H groups in total. The zero-order valence-corrected chi connectivity index (χ0v) is 17.5. The average molecular weight is 409 g/mol. The van der Waals surface area contributed by atoms with E-state index in [0.29, 0.717) is 18.9 Å². The summed E-state index contributed by atoms with van der Waals surface area (Å²) in [6, 6.07) is -0.990. The van der Waals surface area contributed by atoms with E-state index in [9.17, 15) is 14.7 Å². The molecule has 0 aliphatic carbocycles. The Morgan fingerprint density at radius 1 is 1.07 bits per heavy atom. The minimum Gasteiger partial charge on any atom is -0.480 e. The molecule has 0 unspecified atom stereocenters. The fourth-order valence-electron chi connectivity index (χ4n) is 2.56. The fourth-order valence-corrected chi connectivity index (χ4v) is 2.56. The van der Waals surface area contributed by atoms with Crippen molar-refractivity contribution in [1.82, 2.24) is 5.32 Å². The Morgan fingerprint density at radius 3 is 2.38 bits per heavy atom. The SMILES string of the molecule is CC(C)C[C@@H](O)CCC/C=C/C=C\C=C\C(=O)N[C@@H](CCCN=C(N)N)C(=O)O. The number of hydrogen-bond donors (Lipinski definition) is 5. The summed E-state index contributed by atoms with van der Waals surface area (Å²) in [6.45, 7) is 4.50. The summed E-state index contributed by atoms with van der Waals surface area (Å²) in [5.41, 5.74) is 10.4. The number of carboxylic acids is 1. The lowest BCUT2D eigenvalue weighted by Crippen LogP contribution is -2.40. The summed E-state index contributed by atoms with van der Waals surface area (Å²) in [5.74, 6) is -1.13. The number of aliphatic hydroxyl groups is 1. The van der Waals surface area contributed by atoms with Gasteiger partial charge in [0.05, 0.1) is 6.10 Å². The first-order valence-electron chi connectivity index (χ1n) is 9.99. The zero-order chi connectivity index (χ0) is 22.1. The summed E-state index contributed by atoms with van der Waals surface area (Å²) in [5, 5.41) is 21.4. The monoisotopic (exact) mass is 408 g/mol. The van der Waals surface area contributed by atoms with Gasteiger partial charge in [-0.05, 0) is 44.4 Å². The number of nitrogens with zero attached hydrogens (tertiary/aromatic N) is 1. The number of unbranched alkanes of at least 4 members (excludes halogenated alkanes) is 1. The second-order valence-corrected chi connectivity index (χ2v) is 7.23. The third-order valence-corrected chi connectivity index (χ3v) is 3.93. The van der Waals surface area contributed by atoms with Crippen molar-refractivity contribution in [3.8, 4) is 0 Å². The van der Waals surface area contributed by atoms with Crippen LogP contribution in [0.3, 0.4) is 0 Å². The number of carboxylic acid groups (broad SMARTS) is 1. The lowest BCUT2D eigenvalue weighted by Gasteiger charge is -2.12. The van der Waals surface area contributed by atoms with Crippen LogP contribution in [0.4, 0.5) is 0 Å². The van der Waals surface area contributed by atoms with Crippen molar-refractivity contribution in [2.24, 2.45) is 22.4 Å². The predicted molar refractivity (Wildman–Crippen MR) is 116 cm³/mol. The van der Waals surface area contributed by atoms with Gasteiger partial charge < -0.3 is 27.0 Å². The Labute approximate surface area is 173 Å². The molecule has 0 bridgehead atoms. The summed E-state index contributed by atoms with van der Waals surface area (Å²) < 4.78 is 0. The quantitative estimate of drug-likeness (QED) is 0.0917. The van der Waals surface area contributed by atoms with Crippen molar-refractivity contribution < 1.29 is 19.8 Å². The molecule has 1 amide bonds. The van der Waals surface area contributed by atoms with Crippen LogP contribution in [-0.2, 0) is 9.59 Å². The molecule has 29 heavy (non-hydrogen) atoms. The topological polar surface area (TPSA) is 151 Å². The molecule has 0 aromatic rings. The second kappa shape index (κ2) is 16.4. The number of guanidine groups is 1. The zero-order valence-electron chi connectivity index (χ0n) is 17.5. The van der Waals surface area contributed by atoms with Crippen LogP contribution in [0, 0.1) is 5.92 Å². The van der Waals surface area contributed by atoms with Gasteiger partial charge in [0.2, 0.25) is 5.91 Å². The first kappa shape index (κ1) is 26.4. The number of carbonyl (C=O) groups is 2. The lowest BCUT2D eigenvalue weighted by atomic mass is 10.0. The van der Waals surface area contributed by atoms with Crippen molar-refractivity contribution in [1.29, 1.82) is 0 Å². The maximum Gasteiger partial charge on any atom is 0.326 e. The van der Waals surface area contributed by atoms with E-state index in [-0.39, 0.29) is 18.5 Å². The molecule has 0 aromatic carbocycles. The molecule has 164 valence electrons. The molecule has 0 saturated heterocycles. The molecule has 0 aromatic heterocycles. The molecule has 0 aliphatic heterocycles. The highest BCUT2D eigenvalue weighted by Gasteiger charge is 2.17. The van der Waals surface area contributed by atoms with Crippen LogP contribution in [0.1, 0.15) is 52.4 Å². The van der Waals surface area contributed by atoms with Gasteiger partial charge in [0.1, 0.15) is 6.04 Å². The standard InChI is InChI=1S/C21H36N4O4/c1-16(2)15-17(26)11-8-6-4-3-5-7-9-13-19(27)25-18(20(28)29)12-10-14-24-21(22)23/h3-5,7,9,13,16-18,26H,6,8,10-12,14-15H2,1-2H3,(H,25,27)(H,28,29)(H4,22,23,24)/b4-3+,7-5-,13-9+/t17-,18-/m0/s1. The van der Waals surface area contributed by atoms with Gasteiger partial charge in [-0.1, -0.05) is 44.2 Å². The number of aliphatic hydroxyl groups excluding tert-OH is 1. The molecule has 2 atom stereocenters. The second-order valence-electron chi connectivity index (χ2n) is 7.23. The van der Waals surface area contributed by atoms with Crippen molar-refractivity contribution in [3.05, 3.63) is 36.5 Å².